The van der Waals surface area contributed by atoms with Crippen LogP contribution >= 0.6 is 23.4 Å². The summed E-state index contributed by atoms with van der Waals surface area (Å²) in [5.41, 5.74) is 2.30. The Labute approximate surface area is 114 Å². The SMILES string of the molecule is OC1c2cc(F)ccc2SCc2c(Cl)cccc21. The summed E-state index contributed by atoms with van der Waals surface area (Å²) in [6.07, 6.45) is -0.820. The van der Waals surface area contributed by atoms with Crippen LogP contribution in [0.2, 0.25) is 5.02 Å². The molecule has 0 aromatic heterocycles. The van der Waals surface area contributed by atoms with Gasteiger partial charge in [0.25, 0.3) is 0 Å². The Morgan fingerprint density at radius 3 is 2.89 bits per heavy atom. The van der Waals surface area contributed by atoms with E-state index in [9.17, 15) is 9.50 Å². The van der Waals surface area contributed by atoms with Gasteiger partial charge in [0.15, 0.2) is 0 Å². The molecule has 92 valence electrons. The number of thioether (sulfide) groups is 1. The van der Waals surface area contributed by atoms with Crippen molar-refractivity contribution < 1.29 is 9.50 Å². The molecule has 3 rings (SSSR count). The number of aliphatic hydroxyl groups is 1. The fourth-order valence-electron chi connectivity index (χ4n) is 2.17. The van der Waals surface area contributed by atoms with Gasteiger partial charge in [-0.1, -0.05) is 23.7 Å². The molecule has 1 unspecified atom stereocenters. The highest BCUT2D eigenvalue weighted by Gasteiger charge is 2.23. The first-order chi connectivity index (χ1) is 8.66. The van der Waals surface area contributed by atoms with Gasteiger partial charge < -0.3 is 5.11 Å². The lowest BCUT2D eigenvalue weighted by atomic mass is 9.97. The predicted molar refractivity (Wildman–Crippen MR) is 71.5 cm³/mol. The van der Waals surface area contributed by atoms with Crippen LogP contribution in [0.4, 0.5) is 4.39 Å². The maximum atomic E-state index is 13.3. The summed E-state index contributed by atoms with van der Waals surface area (Å²) in [6, 6.07) is 9.97. The zero-order valence-corrected chi connectivity index (χ0v) is 10.9. The van der Waals surface area contributed by atoms with Crippen LogP contribution in [0.1, 0.15) is 22.8 Å². The van der Waals surface area contributed by atoms with Gasteiger partial charge in [0, 0.05) is 21.2 Å². The van der Waals surface area contributed by atoms with Crippen LogP contribution in [0.3, 0.4) is 0 Å². The van der Waals surface area contributed by atoms with Gasteiger partial charge in [0.2, 0.25) is 0 Å². The second kappa shape index (κ2) is 4.57. The molecule has 1 heterocycles. The molecule has 1 atom stereocenters. The maximum Gasteiger partial charge on any atom is 0.123 e. The Hall–Kier alpha value is -1.03. The van der Waals surface area contributed by atoms with Gasteiger partial charge in [-0.15, -0.1) is 11.8 Å². The second-order valence-electron chi connectivity index (χ2n) is 4.18. The highest BCUT2D eigenvalue weighted by atomic mass is 35.5. The van der Waals surface area contributed by atoms with Gasteiger partial charge >= 0.3 is 0 Å². The number of hydrogen-bond acceptors (Lipinski definition) is 2. The number of fused-ring (bicyclic) bond motifs is 2. The molecule has 0 saturated carbocycles. The zero-order chi connectivity index (χ0) is 12.7. The van der Waals surface area contributed by atoms with Crippen LogP contribution < -0.4 is 0 Å². The second-order valence-corrected chi connectivity index (χ2v) is 5.61. The van der Waals surface area contributed by atoms with Crippen molar-refractivity contribution >= 4 is 23.4 Å². The molecular weight excluding hydrogens is 271 g/mol. The Morgan fingerprint density at radius 1 is 1.22 bits per heavy atom. The molecule has 18 heavy (non-hydrogen) atoms. The molecule has 4 heteroatoms. The lowest BCUT2D eigenvalue weighted by Crippen LogP contribution is -2.02. The average molecular weight is 281 g/mol. The molecule has 1 aliphatic heterocycles. The molecule has 0 amide bonds. The lowest BCUT2D eigenvalue weighted by molar-refractivity contribution is 0.216. The Balaban J connectivity index is 2.20. The first-order valence-corrected chi connectivity index (χ1v) is 6.91. The maximum absolute atomic E-state index is 13.3. The molecule has 2 aromatic rings. The fraction of sp³-hybridized carbons (Fsp3) is 0.143. The van der Waals surface area contributed by atoms with Gasteiger partial charge in [-0.25, -0.2) is 4.39 Å². The molecule has 0 spiro atoms. The highest BCUT2D eigenvalue weighted by Crippen LogP contribution is 2.41. The smallest absolute Gasteiger partial charge is 0.123 e. The van der Waals surface area contributed by atoms with Crippen molar-refractivity contribution in [3.63, 3.8) is 0 Å². The Kier molecular flexibility index (Phi) is 3.06. The molecule has 0 saturated heterocycles. The summed E-state index contributed by atoms with van der Waals surface area (Å²) in [5.74, 6) is 0.351. The van der Waals surface area contributed by atoms with Crippen molar-refractivity contribution in [3.05, 3.63) is 63.9 Å². The normalized spacial score (nSPS) is 17.8. The molecule has 1 aliphatic rings. The van der Waals surface area contributed by atoms with Crippen LogP contribution in [0.25, 0.3) is 0 Å². The minimum atomic E-state index is -0.820. The number of hydrogen-bond donors (Lipinski definition) is 1. The topological polar surface area (TPSA) is 20.2 Å². The van der Waals surface area contributed by atoms with Crippen molar-refractivity contribution in [2.45, 2.75) is 16.8 Å². The van der Waals surface area contributed by atoms with Crippen LogP contribution in [0.5, 0.6) is 0 Å². The Bertz CT molecular complexity index is 613. The highest BCUT2D eigenvalue weighted by molar-refractivity contribution is 7.98. The molecule has 2 aromatic carbocycles. The molecule has 0 aliphatic carbocycles. The summed E-state index contributed by atoms with van der Waals surface area (Å²) in [4.78, 5) is 0.899. The molecule has 0 bridgehead atoms. The van der Waals surface area contributed by atoms with Gasteiger partial charge in [0.1, 0.15) is 11.9 Å². The third-order valence-corrected chi connectivity index (χ3v) is 4.56. The summed E-state index contributed by atoms with van der Waals surface area (Å²) in [7, 11) is 0. The van der Waals surface area contributed by atoms with E-state index in [0.717, 1.165) is 16.0 Å². The lowest BCUT2D eigenvalue weighted by Gasteiger charge is -2.14. The largest absolute Gasteiger partial charge is 0.384 e. The van der Waals surface area contributed by atoms with E-state index in [0.29, 0.717) is 16.3 Å². The average Bonchev–Trinajstić information content (AvgIpc) is 2.50. The predicted octanol–water partition coefficient (Wildman–Crippen LogP) is 4.17. The van der Waals surface area contributed by atoms with Crippen molar-refractivity contribution in [1.82, 2.24) is 0 Å². The third kappa shape index (κ3) is 1.92. The van der Waals surface area contributed by atoms with Gasteiger partial charge in [-0.2, -0.15) is 0 Å². The minimum Gasteiger partial charge on any atom is -0.384 e. The first kappa shape index (κ1) is 12.0. The molecule has 1 nitrogen and oxygen atoms in total. The van der Waals surface area contributed by atoms with Crippen molar-refractivity contribution in [2.24, 2.45) is 0 Å². The van der Waals surface area contributed by atoms with Crippen molar-refractivity contribution in [3.8, 4) is 0 Å². The van der Waals surface area contributed by atoms with Gasteiger partial charge in [-0.3, -0.25) is 0 Å². The number of halogens is 2. The number of rotatable bonds is 0. The van der Waals surface area contributed by atoms with Crippen LogP contribution in [-0.2, 0) is 5.75 Å². The minimum absolute atomic E-state index is 0.334. The number of aliphatic hydroxyl groups excluding tert-OH is 1. The van der Waals surface area contributed by atoms with E-state index in [4.69, 9.17) is 11.6 Å². The molecule has 0 fully saturated rings. The third-order valence-electron chi connectivity index (χ3n) is 3.09. The molecule has 1 N–H and O–H groups in total. The Morgan fingerprint density at radius 2 is 2.06 bits per heavy atom. The summed E-state index contributed by atoms with van der Waals surface area (Å²) in [6.45, 7) is 0. The summed E-state index contributed by atoms with van der Waals surface area (Å²) >= 11 is 7.72. The fourth-order valence-corrected chi connectivity index (χ4v) is 3.62. The monoisotopic (exact) mass is 280 g/mol. The van der Waals surface area contributed by atoms with E-state index in [1.165, 1.54) is 12.1 Å². The zero-order valence-electron chi connectivity index (χ0n) is 9.36. The first-order valence-electron chi connectivity index (χ1n) is 5.54. The molecule has 0 radical (unpaired) electrons. The van der Waals surface area contributed by atoms with E-state index < -0.39 is 6.10 Å². The number of benzene rings is 2. The van der Waals surface area contributed by atoms with Crippen molar-refractivity contribution in [2.75, 3.05) is 0 Å². The quantitative estimate of drug-likeness (QED) is 0.782. The summed E-state index contributed by atoms with van der Waals surface area (Å²) in [5, 5.41) is 11.0. The van der Waals surface area contributed by atoms with E-state index >= 15 is 0 Å². The van der Waals surface area contributed by atoms with E-state index in [-0.39, 0.29) is 5.82 Å². The van der Waals surface area contributed by atoms with Gasteiger partial charge in [0.05, 0.1) is 0 Å². The van der Waals surface area contributed by atoms with E-state index in [2.05, 4.69) is 0 Å². The standard InChI is InChI=1S/C14H10ClFOS/c15-12-3-1-2-9-11(12)7-18-13-5-4-8(16)6-10(13)14(9)17/h1-6,14,17H,7H2. The van der Waals surface area contributed by atoms with E-state index in [1.54, 1.807) is 23.9 Å². The van der Waals surface area contributed by atoms with Crippen LogP contribution in [-0.4, -0.2) is 5.11 Å². The van der Waals surface area contributed by atoms with Crippen molar-refractivity contribution in [1.29, 1.82) is 0 Å². The van der Waals surface area contributed by atoms with Gasteiger partial charge in [-0.05, 0) is 35.4 Å². The van der Waals surface area contributed by atoms with E-state index in [1.807, 2.05) is 12.1 Å². The summed E-state index contributed by atoms with van der Waals surface area (Å²) < 4.78 is 13.3. The molecular formula is C14H10ClFOS. The van der Waals surface area contributed by atoms with Crippen LogP contribution in [0, 0.1) is 5.82 Å². The van der Waals surface area contributed by atoms with Crippen LogP contribution in [0.15, 0.2) is 41.3 Å².